The molecule has 0 aliphatic carbocycles. The van der Waals surface area contributed by atoms with Crippen molar-refractivity contribution in [3.8, 4) is 5.75 Å². The van der Waals surface area contributed by atoms with Gasteiger partial charge in [-0.05, 0) is 43.9 Å². The Labute approximate surface area is 97.6 Å². The van der Waals surface area contributed by atoms with E-state index in [9.17, 15) is 0 Å². The van der Waals surface area contributed by atoms with Crippen LogP contribution < -0.4 is 4.74 Å². The van der Waals surface area contributed by atoms with Crippen molar-refractivity contribution in [2.24, 2.45) is 0 Å². The van der Waals surface area contributed by atoms with E-state index in [-0.39, 0.29) is 0 Å². The fourth-order valence-electron chi connectivity index (χ4n) is 2.02. The van der Waals surface area contributed by atoms with Crippen molar-refractivity contribution >= 4 is 0 Å². The molecule has 1 aliphatic heterocycles. The highest BCUT2D eigenvalue weighted by atomic mass is 16.6. The van der Waals surface area contributed by atoms with Gasteiger partial charge in [0.05, 0.1) is 18.8 Å². The van der Waals surface area contributed by atoms with Gasteiger partial charge < -0.3 is 9.47 Å². The molecule has 2 heteroatoms. The van der Waals surface area contributed by atoms with Crippen LogP contribution in [0, 0.1) is 0 Å². The van der Waals surface area contributed by atoms with Crippen molar-refractivity contribution < 1.29 is 9.47 Å². The lowest BCUT2D eigenvalue weighted by Crippen LogP contribution is -1.96. The molecule has 2 unspecified atom stereocenters. The number of ether oxygens (including phenoxy) is 2. The fourth-order valence-corrected chi connectivity index (χ4v) is 2.02. The smallest absolute Gasteiger partial charge is 0.119 e. The summed E-state index contributed by atoms with van der Waals surface area (Å²) in [4.78, 5) is 0. The first-order valence-electron chi connectivity index (χ1n) is 6.20. The van der Waals surface area contributed by atoms with Gasteiger partial charge in [-0.25, -0.2) is 0 Å². The zero-order chi connectivity index (χ0) is 11.4. The molecule has 1 saturated heterocycles. The highest BCUT2D eigenvalue weighted by Gasteiger charge is 2.35. The average Bonchev–Trinajstić information content (AvgIpc) is 3.07. The lowest BCUT2D eigenvalue weighted by Gasteiger charge is -2.04. The van der Waals surface area contributed by atoms with Crippen molar-refractivity contribution in [3.05, 3.63) is 29.8 Å². The molecule has 0 radical (unpaired) electrons. The molecule has 1 aromatic carbocycles. The van der Waals surface area contributed by atoms with Gasteiger partial charge in [-0.1, -0.05) is 19.1 Å². The number of hydrogen-bond acceptors (Lipinski definition) is 2. The van der Waals surface area contributed by atoms with Gasteiger partial charge in [-0.15, -0.1) is 0 Å². The predicted octanol–water partition coefficient (Wildman–Crippen LogP) is 3.20. The van der Waals surface area contributed by atoms with Gasteiger partial charge in [0, 0.05) is 0 Å². The first-order valence-corrected chi connectivity index (χ1v) is 6.20. The Morgan fingerprint density at radius 2 is 1.88 bits per heavy atom. The second-order valence-corrected chi connectivity index (χ2v) is 4.24. The second kappa shape index (κ2) is 5.35. The molecule has 88 valence electrons. The molecule has 2 atom stereocenters. The Bertz CT molecular complexity index is 318. The standard InChI is InChI=1S/C14H20O2/c1-3-13-14(16-13)10-7-11-5-8-12(9-6-11)15-4-2/h5-6,8-9,13-14H,3-4,7,10H2,1-2H3. The zero-order valence-corrected chi connectivity index (χ0v) is 10.1. The first kappa shape index (κ1) is 11.5. The van der Waals surface area contributed by atoms with Gasteiger partial charge in [-0.2, -0.15) is 0 Å². The van der Waals surface area contributed by atoms with Gasteiger partial charge in [0.2, 0.25) is 0 Å². The van der Waals surface area contributed by atoms with Crippen LogP contribution >= 0.6 is 0 Å². The monoisotopic (exact) mass is 220 g/mol. The third-order valence-corrected chi connectivity index (χ3v) is 3.04. The van der Waals surface area contributed by atoms with Crippen molar-refractivity contribution in [2.75, 3.05) is 6.61 Å². The molecule has 0 bridgehead atoms. The first-order chi connectivity index (χ1) is 7.83. The molecule has 1 fully saturated rings. The average molecular weight is 220 g/mol. The predicted molar refractivity (Wildman–Crippen MR) is 64.9 cm³/mol. The van der Waals surface area contributed by atoms with Crippen LogP contribution in [0.3, 0.4) is 0 Å². The molecule has 0 amide bonds. The molecule has 0 saturated carbocycles. The summed E-state index contributed by atoms with van der Waals surface area (Å²) in [5, 5.41) is 0. The molecule has 2 nitrogen and oxygen atoms in total. The molecule has 0 spiro atoms. The van der Waals surface area contributed by atoms with E-state index in [1.54, 1.807) is 0 Å². The fraction of sp³-hybridized carbons (Fsp3) is 0.571. The van der Waals surface area contributed by atoms with Crippen LogP contribution in [0.25, 0.3) is 0 Å². The summed E-state index contributed by atoms with van der Waals surface area (Å²) < 4.78 is 10.9. The van der Waals surface area contributed by atoms with Crippen molar-refractivity contribution in [1.29, 1.82) is 0 Å². The van der Waals surface area contributed by atoms with E-state index in [4.69, 9.17) is 9.47 Å². The van der Waals surface area contributed by atoms with Gasteiger partial charge in [0.1, 0.15) is 5.75 Å². The summed E-state index contributed by atoms with van der Waals surface area (Å²) in [7, 11) is 0. The van der Waals surface area contributed by atoms with Crippen LogP contribution in [0.1, 0.15) is 32.3 Å². The molecule has 1 aliphatic rings. The number of benzene rings is 1. The van der Waals surface area contributed by atoms with E-state index in [2.05, 4.69) is 19.1 Å². The highest BCUT2D eigenvalue weighted by molar-refractivity contribution is 5.27. The number of hydrogen-bond donors (Lipinski definition) is 0. The Morgan fingerprint density at radius 3 is 2.44 bits per heavy atom. The minimum Gasteiger partial charge on any atom is -0.494 e. The third kappa shape index (κ3) is 2.99. The van der Waals surface area contributed by atoms with Crippen LogP contribution in [0.2, 0.25) is 0 Å². The molecule has 1 heterocycles. The van der Waals surface area contributed by atoms with Crippen LogP contribution in [-0.4, -0.2) is 18.8 Å². The summed E-state index contributed by atoms with van der Waals surface area (Å²) in [6, 6.07) is 8.39. The largest absolute Gasteiger partial charge is 0.494 e. The van der Waals surface area contributed by atoms with E-state index in [0.29, 0.717) is 12.2 Å². The van der Waals surface area contributed by atoms with E-state index in [1.807, 2.05) is 19.1 Å². The van der Waals surface area contributed by atoms with Gasteiger partial charge in [0.25, 0.3) is 0 Å². The Morgan fingerprint density at radius 1 is 1.12 bits per heavy atom. The second-order valence-electron chi connectivity index (χ2n) is 4.24. The lowest BCUT2D eigenvalue weighted by atomic mass is 10.1. The minimum atomic E-state index is 0.511. The van der Waals surface area contributed by atoms with Crippen LogP contribution in [0.5, 0.6) is 5.75 Å². The van der Waals surface area contributed by atoms with E-state index >= 15 is 0 Å². The topological polar surface area (TPSA) is 21.8 Å². The van der Waals surface area contributed by atoms with Gasteiger partial charge >= 0.3 is 0 Å². The minimum absolute atomic E-state index is 0.511. The molecule has 2 rings (SSSR count). The van der Waals surface area contributed by atoms with E-state index < -0.39 is 0 Å². The van der Waals surface area contributed by atoms with Crippen molar-refractivity contribution in [3.63, 3.8) is 0 Å². The molecule has 16 heavy (non-hydrogen) atoms. The van der Waals surface area contributed by atoms with Crippen molar-refractivity contribution in [1.82, 2.24) is 0 Å². The van der Waals surface area contributed by atoms with Gasteiger partial charge in [0.15, 0.2) is 0 Å². The SMILES string of the molecule is CCOc1ccc(CCC2OC2CC)cc1. The lowest BCUT2D eigenvalue weighted by molar-refractivity contribution is 0.340. The maximum absolute atomic E-state index is 5.53. The highest BCUT2D eigenvalue weighted by Crippen LogP contribution is 2.29. The molecular weight excluding hydrogens is 200 g/mol. The number of rotatable bonds is 6. The van der Waals surface area contributed by atoms with Crippen LogP contribution in [0.4, 0.5) is 0 Å². The van der Waals surface area contributed by atoms with Gasteiger partial charge in [-0.3, -0.25) is 0 Å². The Balaban J connectivity index is 1.77. The maximum Gasteiger partial charge on any atom is 0.119 e. The van der Waals surface area contributed by atoms with Crippen LogP contribution in [0.15, 0.2) is 24.3 Å². The molecule has 1 aromatic rings. The summed E-state index contributed by atoms with van der Waals surface area (Å²) in [5.74, 6) is 0.959. The number of epoxide rings is 1. The Kier molecular flexibility index (Phi) is 3.83. The molecule has 0 N–H and O–H groups in total. The molecule has 0 aromatic heterocycles. The summed E-state index contributed by atoms with van der Waals surface area (Å²) in [6.07, 6.45) is 4.44. The van der Waals surface area contributed by atoms with E-state index in [1.165, 1.54) is 5.56 Å². The van der Waals surface area contributed by atoms with Crippen LogP contribution in [-0.2, 0) is 11.2 Å². The van der Waals surface area contributed by atoms with E-state index in [0.717, 1.165) is 31.6 Å². The third-order valence-electron chi connectivity index (χ3n) is 3.04. The number of aryl methyl sites for hydroxylation is 1. The summed E-state index contributed by atoms with van der Waals surface area (Å²) in [5.41, 5.74) is 1.37. The maximum atomic E-state index is 5.53. The Hall–Kier alpha value is -1.02. The quantitative estimate of drug-likeness (QED) is 0.687. The normalized spacial score (nSPS) is 23.1. The summed E-state index contributed by atoms with van der Waals surface area (Å²) >= 11 is 0. The van der Waals surface area contributed by atoms with Crippen molar-refractivity contribution in [2.45, 2.75) is 45.3 Å². The zero-order valence-electron chi connectivity index (χ0n) is 10.1. The summed E-state index contributed by atoms with van der Waals surface area (Å²) in [6.45, 7) is 4.91. The molecular formula is C14H20O2.